The van der Waals surface area contributed by atoms with Crippen LogP contribution in [0.4, 0.5) is 0 Å². The number of aryl methyl sites for hydroxylation is 2. The van der Waals surface area contributed by atoms with E-state index in [0.717, 1.165) is 12.6 Å². The molecule has 0 amide bonds. The molecular formula is C23H32N2S. The second kappa shape index (κ2) is 8.24. The average Bonchev–Trinajstić information content (AvgIpc) is 3.04. The lowest BCUT2D eigenvalue weighted by molar-refractivity contribution is 0.0897. The molecule has 2 aliphatic heterocycles. The van der Waals surface area contributed by atoms with Crippen molar-refractivity contribution in [3.8, 4) is 11.1 Å². The first-order chi connectivity index (χ1) is 12.7. The fourth-order valence-corrected chi connectivity index (χ4v) is 5.57. The molecule has 0 bridgehead atoms. The van der Waals surface area contributed by atoms with Gasteiger partial charge in [-0.3, -0.25) is 4.90 Å². The Morgan fingerprint density at radius 2 is 1.62 bits per heavy atom. The number of thiophene rings is 1. The van der Waals surface area contributed by atoms with E-state index in [0.29, 0.717) is 0 Å². The maximum atomic E-state index is 2.77. The van der Waals surface area contributed by atoms with Gasteiger partial charge >= 0.3 is 0 Å². The third-order valence-electron chi connectivity index (χ3n) is 6.25. The van der Waals surface area contributed by atoms with Gasteiger partial charge in [-0.2, -0.15) is 0 Å². The summed E-state index contributed by atoms with van der Waals surface area (Å²) >= 11 is 1.91. The maximum absolute atomic E-state index is 2.77. The monoisotopic (exact) mass is 368 g/mol. The predicted octanol–water partition coefficient (Wildman–Crippen LogP) is 5.48. The van der Waals surface area contributed by atoms with Crippen LogP contribution in [0.5, 0.6) is 0 Å². The van der Waals surface area contributed by atoms with E-state index < -0.39 is 0 Å². The van der Waals surface area contributed by atoms with E-state index in [1.807, 2.05) is 11.3 Å². The van der Waals surface area contributed by atoms with Gasteiger partial charge in [0.2, 0.25) is 0 Å². The van der Waals surface area contributed by atoms with E-state index in [4.69, 9.17) is 0 Å². The minimum absolute atomic E-state index is 0.840. The molecular weight excluding hydrogens is 336 g/mol. The number of likely N-dealkylation sites (tertiary alicyclic amines) is 2. The summed E-state index contributed by atoms with van der Waals surface area (Å²) in [6.07, 6.45) is 6.96. The van der Waals surface area contributed by atoms with Crippen LogP contribution in [0.15, 0.2) is 29.6 Å². The molecule has 2 aromatic rings. The molecule has 26 heavy (non-hydrogen) atoms. The molecule has 2 fully saturated rings. The van der Waals surface area contributed by atoms with Crippen LogP contribution in [0.3, 0.4) is 0 Å². The summed E-state index contributed by atoms with van der Waals surface area (Å²) in [5.41, 5.74) is 5.72. The molecule has 0 spiro atoms. The summed E-state index contributed by atoms with van der Waals surface area (Å²) in [5, 5.41) is 2.39. The molecule has 2 nitrogen and oxygen atoms in total. The Balaban J connectivity index is 1.40. The van der Waals surface area contributed by atoms with Crippen LogP contribution in [0.1, 0.15) is 48.1 Å². The second-order valence-electron chi connectivity index (χ2n) is 8.16. The molecule has 2 saturated heterocycles. The van der Waals surface area contributed by atoms with Gasteiger partial charge in [0, 0.05) is 17.5 Å². The molecule has 0 radical (unpaired) electrons. The fraction of sp³-hybridized carbons (Fsp3) is 0.565. The van der Waals surface area contributed by atoms with Crippen molar-refractivity contribution in [1.29, 1.82) is 0 Å². The lowest BCUT2D eigenvalue weighted by atomic mass is 9.98. The highest BCUT2D eigenvalue weighted by Crippen LogP contribution is 2.34. The third kappa shape index (κ3) is 4.05. The molecule has 140 valence electrons. The molecule has 0 atom stereocenters. The lowest BCUT2D eigenvalue weighted by Gasteiger charge is -2.40. The summed E-state index contributed by atoms with van der Waals surface area (Å²) in [4.78, 5) is 6.90. The molecule has 0 N–H and O–H groups in total. The molecule has 0 aliphatic carbocycles. The zero-order valence-corrected chi connectivity index (χ0v) is 17.2. The van der Waals surface area contributed by atoms with Gasteiger partial charge in [0.15, 0.2) is 0 Å². The SMILES string of the molecule is Cc1ccc(-c2c(CN3CCC(N4CCCCC4)CC3)csc2C)cc1. The maximum Gasteiger partial charge on any atom is 0.0248 e. The van der Waals surface area contributed by atoms with Gasteiger partial charge in [0.25, 0.3) is 0 Å². The highest BCUT2D eigenvalue weighted by atomic mass is 32.1. The smallest absolute Gasteiger partial charge is 0.0248 e. The number of benzene rings is 1. The van der Waals surface area contributed by atoms with Crippen LogP contribution in [-0.4, -0.2) is 42.0 Å². The normalized spacial score (nSPS) is 20.5. The van der Waals surface area contributed by atoms with Crippen molar-refractivity contribution in [3.63, 3.8) is 0 Å². The second-order valence-corrected chi connectivity index (χ2v) is 9.25. The number of hydrogen-bond acceptors (Lipinski definition) is 3. The zero-order valence-electron chi connectivity index (χ0n) is 16.3. The topological polar surface area (TPSA) is 6.48 Å². The van der Waals surface area contributed by atoms with E-state index in [2.05, 4.69) is 53.3 Å². The number of nitrogens with zero attached hydrogens (tertiary/aromatic N) is 2. The number of hydrogen-bond donors (Lipinski definition) is 0. The van der Waals surface area contributed by atoms with Gasteiger partial charge < -0.3 is 4.90 Å². The van der Waals surface area contributed by atoms with Crippen LogP contribution < -0.4 is 0 Å². The summed E-state index contributed by atoms with van der Waals surface area (Å²) in [6, 6.07) is 9.89. The van der Waals surface area contributed by atoms with Crippen molar-refractivity contribution in [2.24, 2.45) is 0 Å². The van der Waals surface area contributed by atoms with Crippen molar-refractivity contribution in [2.75, 3.05) is 26.2 Å². The highest BCUT2D eigenvalue weighted by molar-refractivity contribution is 7.10. The van der Waals surface area contributed by atoms with E-state index in [-0.39, 0.29) is 0 Å². The Bertz CT molecular complexity index is 704. The molecule has 1 aromatic carbocycles. The van der Waals surface area contributed by atoms with Crippen LogP contribution in [0.25, 0.3) is 11.1 Å². The first kappa shape index (κ1) is 18.2. The summed E-state index contributed by atoms with van der Waals surface area (Å²) in [6.45, 7) is 10.7. The number of piperidine rings is 2. The van der Waals surface area contributed by atoms with Crippen LogP contribution in [0, 0.1) is 13.8 Å². The zero-order chi connectivity index (χ0) is 17.9. The van der Waals surface area contributed by atoms with Crippen molar-refractivity contribution in [1.82, 2.24) is 9.80 Å². The minimum atomic E-state index is 0.840. The minimum Gasteiger partial charge on any atom is -0.300 e. The van der Waals surface area contributed by atoms with Gasteiger partial charge in [-0.05, 0) is 87.8 Å². The third-order valence-corrected chi connectivity index (χ3v) is 7.21. The van der Waals surface area contributed by atoms with Gasteiger partial charge in [0.1, 0.15) is 0 Å². The quantitative estimate of drug-likeness (QED) is 0.705. The first-order valence-electron chi connectivity index (χ1n) is 10.3. The Morgan fingerprint density at radius 3 is 2.31 bits per heavy atom. The van der Waals surface area contributed by atoms with E-state index in [1.54, 1.807) is 0 Å². The van der Waals surface area contributed by atoms with Crippen molar-refractivity contribution < 1.29 is 0 Å². The van der Waals surface area contributed by atoms with E-state index in [9.17, 15) is 0 Å². The van der Waals surface area contributed by atoms with E-state index in [1.165, 1.54) is 85.4 Å². The Kier molecular flexibility index (Phi) is 5.78. The molecule has 1 aromatic heterocycles. The van der Waals surface area contributed by atoms with Crippen LogP contribution in [0.2, 0.25) is 0 Å². The fourth-order valence-electron chi connectivity index (χ4n) is 4.70. The largest absolute Gasteiger partial charge is 0.300 e. The molecule has 0 unspecified atom stereocenters. The van der Waals surface area contributed by atoms with Gasteiger partial charge in [0.05, 0.1) is 0 Å². The summed E-state index contributed by atoms with van der Waals surface area (Å²) in [7, 11) is 0. The Labute approximate surface area is 162 Å². The Morgan fingerprint density at radius 1 is 0.923 bits per heavy atom. The van der Waals surface area contributed by atoms with Crippen molar-refractivity contribution in [3.05, 3.63) is 45.6 Å². The van der Waals surface area contributed by atoms with Gasteiger partial charge in [-0.25, -0.2) is 0 Å². The molecule has 0 saturated carbocycles. The number of rotatable bonds is 4. The summed E-state index contributed by atoms with van der Waals surface area (Å²) < 4.78 is 0. The van der Waals surface area contributed by atoms with Crippen LogP contribution >= 0.6 is 11.3 Å². The van der Waals surface area contributed by atoms with Crippen LogP contribution in [-0.2, 0) is 6.54 Å². The van der Waals surface area contributed by atoms with E-state index >= 15 is 0 Å². The summed E-state index contributed by atoms with van der Waals surface area (Å²) in [5.74, 6) is 0. The highest BCUT2D eigenvalue weighted by Gasteiger charge is 2.26. The molecule has 4 rings (SSSR count). The first-order valence-corrected chi connectivity index (χ1v) is 11.2. The average molecular weight is 369 g/mol. The van der Waals surface area contributed by atoms with Gasteiger partial charge in [-0.15, -0.1) is 11.3 Å². The van der Waals surface area contributed by atoms with Gasteiger partial charge in [-0.1, -0.05) is 36.2 Å². The van der Waals surface area contributed by atoms with Crippen molar-refractivity contribution in [2.45, 2.75) is 58.5 Å². The van der Waals surface area contributed by atoms with Crippen molar-refractivity contribution >= 4 is 11.3 Å². The molecule has 3 heteroatoms. The molecule has 2 aliphatic rings. The Hall–Kier alpha value is -1.16. The molecule has 3 heterocycles. The predicted molar refractivity (Wildman–Crippen MR) is 113 cm³/mol. The lowest BCUT2D eigenvalue weighted by Crippen LogP contribution is -2.46. The standard InChI is InChI=1S/C23H32N2S/c1-18-6-8-20(9-7-18)23-19(2)26-17-21(23)16-24-14-10-22(11-15-24)25-12-4-3-5-13-25/h6-9,17,22H,3-5,10-16H2,1-2H3.